The molecule has 0 radical (unpaired) electrons. The van der Waals surface area contributed by atoms with Crippen LogP contribution in [0.2, 0.25) is 0 Å². The van der Waals surface area contributed by atoms with Crippen LogP contribution in [0.1, 0.15) is 44.7 Å². The van der Waals surface area contributed by atoms with Crippen LogP contribution in [0.4, 0.5) is 5.69 Å². The summed E-state index contributed by atoms with van der Waals surface area (Å²) in [6, 6.07) is 18.9. The van der Waals surface area contributed by atoms with Crippen molar-refractivity contribution in [3.05, 3.63) is 71.8 Å². The average Bonchev–Trinajstić information content (AvgIpc) is 3.12. The highest BCUT2D eigenvalue weighted by molar-refractivity contribution is 7.80. The summed E-state index contributed by atoms with van der Waals surface area (Å²) in [4.78, 5) is 8.24. The second kappa shape index (κ2) is 7.81. The first kappa shape index (κ1) is 19.9. The monoisotopic (exact) mass is 407 g/mol. The zero-order valence-electron chi connectivity index (χ0n) is 17.4. The Kier molecular flexibility index (Phi) is 5.36. The van der Waals surface area contributed by atoms with Gasteiger partial charge in [0.1, 0.15) is 5.60 Å². The molecular weight excluding hydrogens is 378 g/mol. The van der Waals surface area contributed by atoms with Crippen LogP contribution in [0.25, 0.3) is 5.70 Å². The number of piperidine rings is 1. The summed E-state index contributed by atoms with van der Waals surface area (Å²) in [7, 11) is 0. The Balaban J connectivity index is 1.35. The van der Waals surface area contributed by atoms with Gasteiger partial charge >= 0.3 is 0 Å². The molecule has 4 rings (SSSR count). The Morgan fingerprint density at radius 3 is 2.31 bits per heavy atom. The number of thiocarbonyl (C=S) groups is 1. The van der Waals surface area contributed by atoms with Crippen LogP contribution in [0.3, 0.4) is 0 Å². The standard InChI is InChI=1S/C24H29N3OS/c1-23(2,3)19-9-11-20(12-10-19)25-22(29)27-15-13-24(14-16-27)17-21(26-28-24)18-7-5-4-6-8-18/h4-12,17,26H,13-16H2,1-3H3,(H,25,29). The van der Waals surface area contributed by atoms with Gasteiger partial charge in [-0.3, -0.25) is 10.3 Å². The van der Waals surface area contributed by atoms with E-state index in [4.69, 9.17) is 17.1 Å². The number of benzene rings is 2. The lowest BCUT2D eigenvalue weighted by Gasteiger charge is -2.38. The predicted octanol–water partition coefficient (Wildman–Crippen LogP) is 5.09. The van der Waals surface area contributed by atoms with Gasteiger partial charge in [0.05, 0.1) is 5.70 Å². The lowest BCUT2D eigenvalue weighted by atomic mass is 9.87. The molecule has 1 spiro atoms. The van der Waals surface area contributed by atoms with E-state index in [9.17, 15) is 0 Å². The van der Waals surface area contributed by atoms with Crippen molar-refractivity contribution in [2.24, 2.45) is 0 Å². The number of hydroxylamine groups is 1. The first-order valence-electron chi connectivity index (χ1n) is 10.2. The summed E-state index contributed by atoms with van der Waals surface area (Å²) in [6.07, 6.45) is 4.05. The highest BCUT2D eigenvalue weighted by Gasteiger charge is 2.39. The molecule has 0 aliphatic carbocycles. The molecule has 1 fully saturated rings. The fourth-order valence-electron chi connectivity index (χ4n) is 3.83. The zero-order valence-corrected chi connectivity index (χ0v) is 18.2. The second-order valence-corrected chi connectivity index (χ2v) is 9.32. The molecular formula is C24H29N3OS. The molecule has 152 valence electrons. The molecule has 5 heteroatoms. The van der Waals surface area contributed by atoms with Gasteiger partial charge in [0.2, 0.25) is 0 Å². The van der Waals surface area contributed by atoms with Gasteiger partial charge in [-0.1, -0.05) is 63.2 Å². The molecule has 0 atom stereocenters. The fourth-order valence-corrected chi connectivity index (χ4v) is 4.13. The molecule has 4 nitrogen and oxygen atoms in total. The first-order valence-corrected chi connectivity index (χ1v) is 10.6. The van der Waals surface area contributed by atoms with E-state index >= 15 is 0 Å². The molecule has 2 aliphatic rings. The summed E-state index contributed by atoms with van der Waals surface area (Å²) in [5, 5.41) is 4.17. The van der Waals surface area contributed by atoms with Crippen LogP contribution in [-0.2, 0) is 10.3 Å². The van der Waals surface area contributed by atoms with Crippen molar-refractivity contribution in [3.63, 3.8) is 0 Å². The number of hydrogen-bond donors (Lipinski definition) is 2. The highest BCUT2D eigenvalue weighted by atomic mass is 32.1. The number of anilines is 1. The van der Waals surface area contributed by atoms with Crippen LogP contribution in [0.5, 0.6) is 0 Å². The van der Waals surface area contributed by atoms with Crippen molar-refractivity contribution in [1.82, 2.24) is 10.4 Å². The lowest BCUT2D eigenvalue weighted by molar-refractivity contribution is -0.0615. The highest BCUT2D eigenvalue weighted by Crippen LogP contribution is 2.34. The van der Waals surface area contributed by atoms with E-state index in [2.05, 4.69) is 78.9 Å². The van der Waals surface area contributed by atoms with Crippen molar-refractivity contribution in [2.75, 3.05) is 18.4 Å². The van der Waals surface area contributed by atoms with Gasteiger partial charge in [-0.2, -0.15) is 0 Å². The Hall–Kier alpha value is -2.37. The molecule has 2 N–H and O–H groups in total. The van der Waals surface area contributed by atoms with Gasteiger partial charge in [0, 0.05) is 31.6 Å². The van der Waals surface area contributed by atoms with Crippen LogP contribution >= 0.6 is 12.2 Å². The van der Waals surface area contributed by atoms with E-state index < -0.39 is 0 Å². The molecule has 29 heavy (non-hydrogen) atoms. The first-order chi connectivity index (χ1) is 13.8. The van der Waals surface area contributed by atoms with Gasteiger partial charge in [-0.25, -0.2) is 0 Å². The van der Waals surface area contributed by atoms with Gasteiger partial charge in [-0.05, 0) is 47.0 Å². The summed E-state index contributed by atoms with van der Waals surface area (Å²) in [5.74, 6) is 0. The van der Waals surface area contributed by atoms with E-state index in [0.29, 0.717) is 0 Å². The minimum atomic E-state index is -0.244. The predicted molar refractivity (Wildman–Crippen MR) is 124 cm³/mol. The molecule has 1 saturated heterocycles. The van der Waals surface area contributed by atoms with Gasteiger partial charge in [-0.15, -0.1) is 0 Å². The average molecular weight is 408 g/mol. The van der Waals surface area contributed by atoms with Crippen LogP contribution in [0.15, 0.2) is 60.7 Å². The number of nitrogens with zero attached hydrogens (tertiary/aromatic N) is 1. The second-order valence-electron chi connectivity index (χ2n) is 8.94. The summed E-state index contributed by atoms with van der Waals surface area (Å²) >= 11 is 5.67. The summed E-state index contributed by atoms with van der Waals surface area (Å²) in [5.41, 5.74) is 7.60. The van der Waals surface area contributed by atoms with E-state index in [0.717, 1.165) is 48.0 Å². The van der Waals surface area contributed by atoms with E-state index in [1.54, 1.807) is 0 Å². The molecule has 2 aliphatic heterocycles. The molecule has 0 aromatic heterocycles. The third-order valence-electron chi connectivity index (χ3n) is 5.76. The number of hydrogen-bond acceptors (Lipinski definition) is 3. The third-order valence-corrected chi connectivity index (χ3v) is 6.12. The summed E-state index contributed by atoms with van der Waals surface area (Å²) < 4.78 is 0. The van der Waals surface area contributed by atoms with Crippen molar-refractivity contribution >= 4 is 28.7 Å². The van der Waals surface area contributed by atoms with E-state index in [1.165, 1.54) is 5.56 Å². The third kappa shape index (κ3) is 4.46. The number of rotatable bonds is 2. The zero-order chi connectivity index (χ0) is 20.5. The fraction of sp³-hybridized carbons (Fsp3) is 0.375. The molecule has 2 aromatic rings. The quantitative estimate of drug-likeness (QED) is 0.678. The topological polar surface area (TPSA) is 36.5 Å². The lowest BCUT2D eigenvalue weighted by Crippen LogP contribution is -2.48. The summed E-state index contributed by atoms with van der Waals surface area (Å²) in [6.45, 7) is 8.40. The Morgan fingerprint density at radius 1 is 1.03 bits per heavy atom. The maximum Gasteiger partial charge on any atom is 0.173 e. The largest absolute Gasteiger partial charge is 0.349 e. The maximum atomic E-state index is 6.01. The minimum absolute atomic E-state index is 0.154. The van der Waals surface area contributed by atoms with Crippen molar-refractivity contribution in [3.8, 4) is 0 Å². The van der Waals surface area contributed by atoms with Gasteiger partial charge in [0.15, 0.2) is 5.11 Å². The Labute approximate surface area is 178 Å². The van der Waals surface area contributed by atoms with Gasteiger partial charge < -0.3 is 10.2 Å². The molecule has 0 saturated carbocycles. The molecule has 0 amide bonds. The van der Waals surface area contributed by atoms with Crippen molar-refractivity contribution in [1.29, 1.82) is 0 Å². The van der Waals surface area contributed by atoms with Crippen LogP contribution in [-0.4, -0.2) is 28.7 Å². The van der Waals surface area contributed by atoms with Crippen molar-refractivity contribution < 1.29 is 4.84 Å². The number of likely N-dealkylation sites (tertiary alicyclic amines) is 1. The maximum absolute atomic E-state index is 6.01. The van der Waals surface area contributed by atoms with E-state index in [-0.39, 0.29) is 11.0 Å². The Morgan fingerprint density at radius 2 is 1.69 bits per heavy atom. The van der Waals surface area contributed by atoms with Crippen LogP contribution in [0, 0.1) is 0 Å². The molecule has 2 heterocycles. The number of nitrogens with one attached hydrogen (secondary N) is 2. The smallest absolute Gasteiger partial charge is 0.173 e. The minimum Gasteiger partial charge on any atom is -0.349 e. The van der Waals surface area contributed by atoms with Crippen LogP contribution < -0.4 is 10.8 Å². The normalized spacial score (nSPS) is 18.3. The molecule has 2 aromatic carbocycles. The van der Waals surface area contributed by atoms with Gasteiger partial charge in [0.25, 0.3) is 0 Å². The Bertz CT molecular complexity index is 892. The molecule has 0 unspecified atom stereocenters. The van der Waals surface area contributed by atoms with E-state index in [1.807, 2.05) is 18.2 Å². The van der Waals surface area contributed by atoms with Crippen molar-refractivity contribution in [2.45, 2.75) is 44.6 Å². The molecule has 0 bridgehead atoms. The SMILES string of the molecule is CC(C)(C)c1ccc(NC(=S)N2CCC3(C=C(c4ccccc4)NO3)CC2)cc1.